The van der Waals surface area contributed by atoms with Gasteiger partial charge in [-0.1, -0.05) is 6.07 Å². The number of carbonyl (C=O) groups is 2. The number of piperazine rings is 1. The highest BCUT2D eigenvalue weighted by Crippen LogP contribution is 2.21. The monoisotopic (exact) mass is 464 g/mol. The number of halogens is 1. The van der Waals surface area contributed by atoms with E-state index >= 15 is 0 Å². The van der Waals surface area contributed by atoms with E-state index in [2.05, 4.69) is 57.9 Å². The second kappa shape index (κ2) is 12.0. The zero-order chi connectivity index (χ0) is 18.7. The van der Waals surface area contributed by atoms with Crippen molar-refractivity contribution >= 4 is 34.5 Å². The lowest BCUT2D eigenvalue weighted by Gasteiger charge is -2.27. The van der Waals surface area contributed by atoms with Gasteiger partial charge in [0.2, 0.25) is 0 Å². The van der Waals surface area contributed by atoms with Crippen molar-refractivity contribution in [2.45, 2.75) is 19.8 Å². The Hall–Kier alpha value is -1.39. The van der Waals surface area contributed by atoms with Crippen molar-refractivity contribution in [2.75, 3.05) is 39.3 Å². The number of unbranched alkanes of at least 4 members (excludes halogenated alkanes) is 1. The van der Waals surface area contributed by atoms with Crippen LogP contribution in [0.25, 0.3) is 0 Å². The van der Waals surface area contributed by atoms with Crippen molar-refractivity contribution in [3.63, 3.8) is 0 Å². The minimum Gasteiger partial charge on any atom is -0.492 e. The Morgan fingerprint density at radius 2 is 1.84 bits per heavy atom. The summed E-state index contributed by atoms with van der Waals surface area (Å²) < 4.78 is 7.05. The van der Waals surface area contributed by atoms with Crippen molar-refractivity contribution in [3.05, 3.63) is 27.3 Å². The first kappa shape index (κ1) is 21.7. The molecule has 1 aromatic carbocycles. The van der Waals surface area contributed by atoms with Gasteiger partial charge in [0.15, 0.2) is 0 Å². The van der Waals surface area contributed by atoms with Gasteiger partial charge in [-0.05, 0) is 66.6 Å². The average molecular weight is 464 g/mol. The van der Waals surface area contributed by atoms with E-state index in [1.165, 1.54) is 35.2 Å². The Labute approximate surface area is 161 Å². The van der Waals surface area contributed by atoms with Crippen molar-refractivity contribution in [2.24, 2.45) is 0 Å². The van der Waals surface area contributed by atoms with E-state index in [0.717, 1.165) is 31.9 Å². The van der Waals surface area contributed by atoms with Gasteiger partial charge in [-0.2, -0.15) is 0 Å². The zero-order valence-electron chi connectivity index (χ0n) is 14.3. The van der Waals surface area contributed by atoms with Crippen LogP contribution in [0.2, 0.25) is 0 Å². The Morgan fingerprint density at radius 3 is 2.40 bits per heavy atom. The number of hydrogen-bond donors (Lipinski definition) is 3. The van der Waals surface area contributed by atoms with Crippen molar-refractivity contribution in [1.29, 1.82) is 0 Å². The number of aliphatic carboxylic acids is 2. The fraction of sp³-hybridized carbons (Fsp3) is 0.529. The van der Waals surface area contributed by atoms with E-state index in [-0.39, 0.29) is 0 Å². The number of aryl methyl sites for hydroxylation is 1. The summed E-state index contributed by atoms with van der Waals surface area (Å²) in [5.41, 5.74) is 1.29. The van der Waals surface area contributed by atoms with Crippen LogP contribution in [0.15, 0.2) is 18.2 Å². The van der Waals surface area contributed by atoms with Crippen LogP contribution < -0.4 is 10.1 Å². The predicted molar refractivity (Wildman–Crippen MR) is 103 cm³/mol. The maximum atomic E-state index is 9.10. The Bertz CT molecular complexity index is 550. The van der Waals surface area contributed by atoms with Crippen LogP contribution in [0.3, 0.4) is 0 Å². The molecule has 1 fully saturated rings. The minimum atomic E-state index is -1.82. The maximum Gasteiger partial charge on any atom is 0.414 e. The number of nitrogens with zero attached hydrogens (tertiary/aromatic N) is 1. The van der Waals surface area contributed by atoms with Crippen LogP contribution in [0.4, 0.5) is 0 Å². The summed E-state index contributed by atoms with van der Waals surface area (Å²) in [7, 11) is 0. The highest BCUT2D eigenvalue weighted by Gasteiger charge is 2.08. The molecule has 1 aromatic rings. The highest BCUT2D eigenvalue weighted by molar-refractivity contribution is 14.1. The first-order valence-corrected chi connectivity index (χ1v) is 9.26. The van der Waals surface area contributed by atoms with Crippen LogP contribution in [0.5, 0.6) is 5.75 Å². The topological polar surface area (TPSA) is 99.1 Å². The van der Waals surface area contributed by atoms with E-state index in [9.17, 15) is 0 Å². The summed E-state index contributed by atoms with van der Waals surface area (Å²) in [5.74, 6) is -2.63. The highest BCUT2D eigenvalue weighted by atomic mass is 127. The van der Waals surface area contributed by atoms with Crippen LogP contribution in [-0.4, -0.2) is 66.4 Å². The van der Waals surface area contributed by atoms with Crippen LogP contribution in [0.1, 0.15) is 18.4 Å². The third-order valence-electron chi connectivity index (χ3n) is 3.61. The summed E-state index contributed by atoms with van der Waals surface area (Å²) in [6.45, 7) is 8.80. The smallest absolute Gasteiger partial charge is 0.414 e. The predicted octanol–water partition coefficient (Wildman–Crippen LogP) is 1.82. The normalized spacial score (nSPS) is 14.3. The summed E-state index contributed by atoms with van der Waals surface area (Å²) >= 11 is 2.34. The number of nitrogens with one attached hydrogen (secondary N) is 1. The van der Waals surface area contributed by atoms with Crippen molar-refractivity contribution in [1.82, 2.24) is 10.2 Å². The van der Waals surface area contributed by atoms with E-state index in [1.807, 2.05) is 0 Å². The van der Waals surface area contributed by atoms with Gasteiger partial charge in [0.1, 0.15) is 5.75 Å². The standard InChI is InChI=1S/C15H23IN2O.C2H2O4/c1-13-4-5-15(14(16)12-13)19-11-3-2-8-18-9-6-17-7-10-18;3-1(4)2(5)6/h4-5,12,17H,2-3,6-11H2,1H3;(H,3,4)(H,5,6). The van der Waals surface area contributed by atoms with Gasteiger partial charge in [0.05, 0.1) is 10.2 Å². The molecule has 0 spiro atoms. The van der Waals surface area contributed by atoms with Crippen molar-refractivity contribution < 1.29 is 24.5 Å². The molecule has 140 valence electrons. The number of hydrogen-bond acceptors (Lipinski definition) is 5. The third-order valence-corrected chi connectivity index (χ3v) is 4.45. The van der Waals surface area contributed by atoms with Crippen LogP contribution in [-0.2, 0) is 9.59 Å². The molecule has 2 rings (SSSR count). The molecule has 0 bridgehead atoms. The zero-order valence-corrected chi connectivity index (χ0v) is 16.5. The van der Waals surface area contributed by atoms with Crippen LogP contribution in [0, 0.1) is 10.5 Å². The molecule has 0 atom stereocenters. The summed E-state index contributed by atoms with van der Waals surface area (Å²) in [6, 6.07) is 6.35. The molecular weight excluding hydrogens is 439 g/mol. The lowest BCUT2D eigenvalue weighted by atomic mass is 10.2. The lowest BCUT2D eigenvalue weighted by Crippen LogP contribution is -2.43. The van der Waals surface area contributed by atoms with Crippen molar-refractivity contribution in [3.8, 4) is 5.75 Å². The van der Waals surface area contributed by atoms with Gasteiger partial charge in [-0.25, -0.2) is 9.59 Å². The average Bonchev–Trinajstić information content (AvgIpc) is 2.58. The number of benzene rings is 1. The van der Waals surface area contributed by atoms with E-state index in [0.29, 0.717) is 0 Å². The number of carboxylic acid groups (broad SMARTS) is 2. The molecule has 25 heavy (non-hydrogen) atoms. The lowest BCUT2D eigenvalue weighted by molar-refractivity contribution is -0.159. The molecule has 1 aliphatic heterocycles. The number of carboxylic acids is 2. The molecule has 0 radical (unpaired) electrons. The second-order valence-corrected chi connectivity index (χ2v) is 6.85. The number of ether oxygens (including phenoxy) is 1. The molecule has 0 saturated carbocycles. The van der Waals surface area contributed by atoms with Gasteiger partial charge >= 0.3 is 11.9 Å². The summed E-state index contributed by atoms with van der Waals surface area (Å²) in [6.07, 6.45) is 2.36. The molecule has 3 N–H and O–H groups in total. The van der Waals surface area contributed by atoms with Crippen LogP contribution >= 0.6 is 22.6 Å². The SMILES string of the molecule is Cc1ccc(OCCCCN2CCNCC2)c(I)c1.O=C(O)C(=O)O. The first-order chi connectivity index (χ1) is 11.9. The summed E-state index contributed by atoms with van der Waals surface area (Å²) in [4.78, 5) is 20.7. The molecule has 8 heteroatoms. The molecule has 0 aliphatic carbocycles. The second-order valence-electron chi connectivity index (χ2n) is 5.69. The molecule has 7 nitrogen and oxygen atoms in total. The molecule has 1 heterocycles. The van der Waals surface area contributed by atoms with Gasteiger partial charge in [-0.3, -0.25) is 0 Å². The van der Waals surface area contributed by atoms with Gasteiger partial charge in [-0.15, -0.1) is 0 Å². The largest absolute Gasteiger partial charge is 0.492 e. The Balaban J connectivity index is 0.000000450. The first-order valence-electron chi connectivity index (χ1n) is 8.18. The van der Waals surface area contributed by atoms with E-state index in [1.54, 1.807) is 0 Å². The van der Waals surface area contributed by atoms with E-state index < -0.39 is 11.9 Å². The Kier molecular flexibility index (Phi) is 10.4. The fourth-order valence-corrected chi connectivity index (χ4v) is 3.10. The molecule has 1 aliphatic rings. The molecule has 1 saturated heterocycles. The fourth-order valence-electron chi connectivity index (χ4n) is 2.28. The summed E-state index contributed by atoms with van der Waals surface area (Å²) in [5, 5.41) is 18.2. The minimum absolute atomic E-state index is 0.825. The Morgan fingerprint density at radius 1 is 1.20 bits per heavy atom. The molecule has 0 unspecified atom stereocenters. The molecule has 0 aromatic heterocycles. The third kappa shape index (κ3) is 9.61. The molecular formula is C17H25IN2O5. The number of rotatable bonds is 6. The maximum absolute atomic E-state index is 9.10. The van der Waals surface area contributed by atoms with Gasteiger partial charge in [0, 0.05) is 26.2 Å². The quantitative estimate of drug-likeness (QED) is 0.336. The van der Waals surface area contributed by atoms with E-state index in [4.69, 9.17) is 24.5 Å². The van der Waals surface area contributed by atoms with Gasteiger partial charge in [0.25, 0.3) is 0 Å². The molecule has 0 amide bonds. The van der Waals surface area contributed by atoms with Gasteiger partial charge < -0.3 is 25.2 Å².